The predicted octanol–water partition coefficient (Wildman–Crippen LogP) is 8.17. The second-order valence-electron chi connectivity index (χ2n) is 9.57. The van der Waals surface area contributed by atoms with Crippen molar-refractivity contribution in [3.63, 3.8) is 0 Å². The Balaban J connectivity index is 1.55. The summed E-state index contributed by atoms with van der Waals surface area (Å²) in [7, 11) is 0. The Morgan fingerprint density at radius 3 is 2.03 bits per heavy atom. The van der Waals surface area contributed by atoms with E-state index < -0.39 is 0 Å². The van der Waals surface area contributed by atoms with Crippen LogP contribution in [0.15, 0.2) is 133 Å². The lowest BCUT2D eigenvalue weighted by atomic mass is 10.1. The van der Waals surface area contributed by atoms with E-state index in [-0.39, 0.29) is 0 Å². The van der Waals surface area contributed by atoms with Crippen LogP contribution in [-0.4, -0.2) is 21.1 Å². The smallest absolute Gasteiger partial charge is 0.268 e. The third-order valence-corrected chi connectivity index (χ3v) is 7.55. The number of nitrogens with zero attached hydrogens (tertiary/aromatic N) is 5. The van der Waals surface area contributed by atoms with Crippen LogP contribution in [0.2, 0.25) is 0 Å². The number of allylic oxidation sites excluding steroid dienone is 1. The van der Waals surface area contributed by atoms with E-state index in [1.165, 1.54) is 0 Å². The molecule has 0 radical (unpaired) electrons. The molecule has 2 aliphatic rings. The quantitative estimate of drug-likeness (QED) is 0.235. The van der Waals surface area contributed by atoms with Crippen molar-refractivity contribution in [3.8, 4) is 5.69 Å². The van der Waals surface area contributed by atoms with Gasteiger partial charge in [-0.1, -0.05) is 78.9 Å². The van der Waals surface area contributed by atoms with Gasteiger partial charge in [0.25, 0.3) is 5.82 Å². The first kappa shape index (κ1) is 21.1. The summed E-state index contributed by atoms with van der Waals surface area (Å²) in [5.41, 5.74) is 8.91. The minimum absolute atomic E-state index is 0.347. The SMILES string of the molecule is C1=CC2=C([N-]C1)c1nc3c(nc1[N+]2(c1ccccc1)c1ccccc1)c1ccccc1n3-c1ccccc1. The average molecular weight is 490 g/mol. The van der Waals surface area contributed by atoms with Crippen molar-refractivity contribution in [3.05, 3.63) is 144 Å². The van der Waals surface area contributed by atoms with E-state index in [9.17, 15) is 0 Å². The first-order valence-corrected chi connectivity index (χ1v) is 12.8. The molecule has 0 bridgehead atoms. The van der Waals surface area contributed by atoms with E-state index in [2.05, 4.69) is 126 Å². The van der Waals surface area contributed by atoms with Crippen LogP contribution in [0.1, 0.15) is 5.69 Å². The van der Waals surface area contributed by atoms with Gasteiger partial charge in [-0.2, -0.15) is 9.47 Å². The Hall–Kier alpha value is -5.00. The zero-order valence-corrected chi connectivity index (χ0v) is 20.6. The fourth-order valence-corrected chi connectivity index (χ4v) is 5.99. The lowest BCUT2D eigenvalue weighted by Crippen LogP contribution is -2.36. The first-order valence-electron chi connectivity index (χ1n) is 12.8. The molecule has 180 valence electrons. The summed E-state index contributed by atoms with van der Waals surface area (Å²) < 4.78 is 2.56. The molecule has 5 heteroatoms. The van der Waals surface area contributed by atoms with Gasteiger partial charge in [0, 0.05) is 35.3 Å². The van der Waals surface area contributed by atoms with E-state index in [4.69, 9.17) is 15.3 Å². The number of quaternary nitrogens is 1. The Kier molecular flexibility index (Phi) is 4.45. The normalized spacial score (nSPS) is 15.5. The van der Waals surface area contributed by atoms with Crippen molar-refractivity contribution in [2.24, 2.45) is 0 Å². The fraction of sp³-hybridized carbons (Fsp3) is 0.0303. The Morgan fingerprint density at radius 2 is 1.32 bits per heavy atom. The van der Waals surface area contributed by atoms with E-state index in [0.717, 1.165) is 62.0 Å². The topological polar surface area (TPSA) is 44.8 Å². The maximum atomic E-state index is 5.51. The number of hydrogen-bond acceptors (Lipinski definition) is 2. The Morgan fingerprint density at radius 1 is 0.684 bits per heavy atom. The Bertz CT molecular complexity index is 1860. The van der Waals surface area contributed by atoms with Crippen LogP contribution in [0.4, 0.5) is 17.2 Å². The van der Waals surface area contributed by atoms with Gasteiger partial charge in [0.1, 0.15) is 28.3 Å². The van der Waals surface area contributed by atoms with Gasteiger partial charge in [0.2, 0.25) is 0 Å². The van der Waals surface area contributed by atoms with Crippen LogP contribution in [0.25, 0.3) is 38.8 Å². The van der Waals surface area contributed by atoms with Gasteiger partial charge in [0.15, 0.2) is 5.65 Å². The summed E-state index contributed by atoms with van der Waals surface area (Å²) in [5, 5.41) is 6.09. The summed E-state index contributed by atoms with van der Waals surface area (Å²) in [6, 6.07) is 40.0. The Labute approximate surface area is 220 Å². The lowest BCUT2D eigenvalue weighted by Gasteiger charge is -2.35. The molecule has 2 aliphatic heterocycles. The lowest BCUT2D eigenvalue weighted by molar-refractivity contribution is 0.646. The number of benzene rings is 4. The minimum atomic E-state index is 0.347. The molecule has 8 rings (SSSR count). The molecule has 0 aliphatic carbocycles. The maximum absolute atomic E-state index is 5.51. The van der Waals surface area contributed by atoms with Crippen LogP contribution in [0.5, 0.6) is 0 Å². The van der Waals surface area contributed by atoms with Crippen molar-refractivity contribution in [2.45, 2.75) is 0 Å². The molecule has 5 nitrogen and oxygen atoms in total. The highest BCUT2D eigenvalue weighted by molar-refractivity contribution is 6.08. The zero-order valence-electron chi connectivity index (χ0n) is 20.6. The van der Waals surface area contributed by atoms with Crippen LogP contribution in [0, 0.1) is 0 Å². The monoisotopic (exact) mass is 489 g/mol. The molecule has 0 amide bonds. The van der Waals surface area contributed by atoms with Gasteiger partial charge in [0.05, 0.1) is 5.52 Å². The zero-order chi connectivity index (χ0) is 25.1. The summed E-state index contributed by atoms with van der Waals surface area (Å²) in [6.45, 7) is 0.628. The van der Waals surface area contributed by atoms with Gasteiger partial charge in [-0.25, -0.2) is 4.98 Å². The van der Waals surface area contributed by atoms with Crippen molar-refractivity contribution in [1.82, 2.24) is 19.0 Å². The van der Waals surface area contributed by atoms with Crippen molar-refractivity contribution in [2.75, 3.05) is 6.54 Å². The first-order chi connectivity index (χ1) is 18.9. The fourth-order valence-electron chi connectivity index (χ4n) is 5.99. The second-order valence-corrected chi connectivity index (χ2v) is 9.57. The van der Waals surface area contributed by atoms with Gasteiger partial charge in [-0.3, -0.25) is 4.57 Å². The number of rotatable bonds is 3. The standard InChI is InChI=1S/C33H23N5/c1-4-13-23(14-5-1)37-27-20-11-10-19-26(27)29-32(37)35-31-30-28(21-12-22-34-30)38(33(31)36-29,24-15-6-2-7-16-24)25-17-8-3-9-18-25/h1-21H,22H2. The van der Waals surface area contributed by atoms with Crippen LogP contribution in [0.3, 0.4) is 0 Å². The average Bonchev–Trinajstić information content (AvgIpc) is 3.48. The third kappa shape index (κ3) is 2.74. The summed E-state index contributed by atoms with van der Waals surface area (Å²) in [6.07, 6.45) is 4.34. The molecule has 38 heavy (non-hydrogen) atoms. The van der Waals surface area contributed by atoms with E-state index >= 15 is 0 Å². The molecule has 4 aromatic carbocycles. The molecule has 2 aromatic heterocycles. The van der Waals surface area contributed by atoms with Gasteiger partial charge in [-0.05, 0) is 30.0 Å². The van der Waals surface area contributed by atoms with Gasteiger partial charge >= 0.3 is 0 Å². The van der Waals surface area contributed by atoms with E-state index in [1.807, 2.05) is 6.07 Å². The van der Waals surface area contributed by atoms with Crippen LogP contribution >= 0.6 is 0 Å². The number of para-hydroxylation sites is 4. The maximum Gasteiger partial charge on any atom is 0.268 e. The van der Waals surface area contributed by atoms with Gasteiger partial charge < -0.3 is 5.32 Å². The summed E-state index contributed by atoms with van der Waals surface area (Å²) >= 11 is 0. The number of hydrogen-bond donors (Lipinski definition) is 0. The second kappa shape index (κ2) is 8.00. The molecule has 0 spiro atoms. The minimum Gasteiger partial charge on any atom is -0.674 e. The molecule has 0 N–H and O–H groups in total. The number of aromatic nitrogens is 3. The molecular weight excluding hydrogens is 466 g/mol. The summed E-state index contributed by atoms with van der Waals surface area (Å²) in [5.74, 6) is 0.881. The van der Waals surface area contributed by atoms with Crippen LogP contribution in [-0.2, 0) is 0 Å². The molecule has 0 saturated carbocycles. The van der Waals surface area contributed by atoms with Crippen molar-refractivity contribution >= 4 is 45.0 Å². The molecule has 0 saturated heterocycles. The molecule has 4 heterocycles. The van der Waals surface area contributed by atoms with E-state index in [1.54, 1.807) is 0 Å². The highest BCUT2D eigenvalue weighted by Crippen LogP contribution is 2.57. The highest BCUT2D eigenvalue weighted by Gasteiger charge is 2.49. The molecule has 0 fully saturated rings. The van der Waals surface area contributed by atoms with Gasteiger partial charge in [-0.15, -0.1) is 6.54 Å². The number of fused-ring (bicyclic) bond motifs is 5. The molecule has 6 aromatic rings. The molecular formula is C33H23N5. The van der Waals surface area contributed by atoms with Crippen LogP contribution < -0.4 is 4.48 Å². The largest absolute Gasteiger partial charge is 0.674 e. The highest BCUT2D eigenvalue weighted by atomic mass is 15.4. The molecule has 0 atom stereocenters. The van der Waals surface area contributed by atoms with Crippen molar-refractivity contribution < 1.29 is 0 Å². The molecule has 0 unspecified atom stereocenters. The van der Waals surface area contributed by atoms with E-state index in [0.29, 0.717) is 11.0 Å². The van der Waals surface area contributed by atoms with Crippen molar-refractivity contribution in [1.29, 1.82) is 0 Å². The summed E-state index contributed by atoms with van der Waals surface area (Å²) in [4.78, 5) is 10.9. The third-order valence-electron chi connectivity index (χ3n) is 7.55. The predicted molar refractivity (Wildman–Crippen MR) is 155 cm³/mol.